The van der Waals surface area contributed by atoms with Gasteiger partial charge in [0.15, 0.2) is 6.29 Å². The lowest BCUT2D eigenvalue weighted by molar-refractivity contribution is -0.308. The van der Waals surface area contributed by atoms with Crippen molar-refractivity contribution < 1.29 is 35.0 Å². The SMILES string of the molecule is C[C@H]1O[C@@H](OC(CO)CO)[C@@H](O)[C@H](O)[C@@H]1O. The normalized spacial score (nSPS) is 40.3. The molecule has 1 aliphatic rings. The van der Waals surface area contributed by atoms with Gasteiger partial charge in [-0.2, -0.15) is 0 Å². The molecule has 0 aliphatic carbocycles. The van der Waals surface area contributed by atoms with Crippen molar-refractivity contribution in [2.24, 2.45) is 0 Å². The van der Waals surface area contributed by atoms with Gasteiger partial charge in [0.2, 0.25) is 0 Å². The van der Waals surface area contributed by atoms with E-state index in [4.69, 9.17) is 19.7 Å². The van der Waals surface area contributed by atoms with Gasteiger partial charge in [-0.1, -0.05) is 0 Å². The molecule has 16 heavy (non-hydrogen) atoms. The second-order valence-corrected chi connectivity index (χ2v) is 3.80. The van der Waals surface area contributed by atoms with Crippen LogP contribution in [0, 0.1) is 0 Å². The van der Waals surface area contributed by atoms with Crippen LogP contribution in [0.15, 0.2) is 0 Å². The highest BCUT2D eigenvalue weighted by molar-refractivity contribution is 4.87. The highest BCUT2D eigenvalue weighted by Crippen LogP contribution is 2.22. The third-order valence-corrected chi connectivity index (χ3v) is 2.54. The number of ether oxygens (including phenoxy) is 2. The number of hydrogen-bond acceptors (Lipinski definition) is 7. The van der Waals surface area contributed by atoms with Gasteiger partial charge in [-0.3, -0.25) is 0 Å². The quantitative estimate of drug-likeness (QED) is 0.358. The Balaban J connectivity index is 2.59. The molecule has 1 heterocycles. The lowest BCUT2D eigenvalue weighted by Gasteiger charge is -2.39. The molecule has 1 aliphatic heterocycles. The Bertz CT molecular complexity index is 208. The first-order valence-electron chi connectivity index (χ1n) is 5.08. The maximum atomic E-state index is 9.54. The van der Waals surface area contributed by atoms with Crippen LogP contribution >= 0.6 is 0 Å². The molecule has 1 fully saturated rings. The predicted octanol–water partition coefficient (Wildman–Crippen LogP) is -2.82. The maximum absolute atomic E-state index is 9.54. The van der Waals surface area contributed by atoms with E-state index < -0.39 is 50.0 Å². The van der Waals surface area contributed by atoms with Gasteiger partial charge in [-0.05, 0) is 6.92 Å². The van der Waals surface area contributed by atoms with E-state index in [0.717, 1.165) is 0 Å². The molecule has 7 heteroatoms. The van der Waals surface area contributed by atoms with Crippen molar-refractivity contribution in [3.05, 3.63) is 0 Å². The zero-order valence-corrected chi connectivity index (χ0v) is 8.93. The number of aliphatic hydroxyl groups is 5. The largest absolute Gasteiger partial charge is 0.394 e. The van der Waals surface area contributed by atoms with Crippen molar-refractivity contribution in [2.45, 2.75) is 43.7 Å². The third kappa shape index (κ3) is 2.89. The zero-order chi connectivity index (χ0) is 12.3. The molecule has 0 unspecified atom stereocenters. The summed E-state index contributed by atoms with van der Waals surface area (Å²) in [6, 6.07) is 0. The Hall–Kier alpha value is -0.280. The topological polar surface area (TPSA) is 120 Å². The first kappa shape index (κ1) is 13.8. The van der Waals surface area contributed by atoms with E-state index in [2.05, 4.69) is 0 Å². The lowest BCUT2D eigenvalue weighted by Crippen LogP contribution is -2.58. The number of rotatable bonds is 4. The van der Waals surface area contributed by atoms with Crippen molar-refractivity contribution in [2.75, 3.05) is 13.2 Å². The monoisotopic (exact) mass is 238 g/mol. The summed E-state index contributed by atoms with van der Waals surface area (Å²) in [5.74, 6) is 0. The van der Waals surface area contributed by atoms with Crippen LogP contribution in [-0.2, 0) is 9.47 Å². The van der Waals surface area contributed by atoms with E-state index in [9.17, 15) is 15.3 Å². The molecule has 7 nitrogen and oxygen atoms in total. The fourth-order valence-corrected chi connectivity index (χ4v) is 1.46. The molecule has 0 aromatic heterocycles. The number of aliphatic hydroxyl groups excluding tert-OH is 5. The van der Waals surface area contributed by atoms with Crippen LogP contribution in [-0.4, -0.2) is 75.6 Å². The van der Waals surface area contributed by atoms with Crippen LogP contribution in [0.5, 0.6) is 0 Å². The van der Waals surface area contributed by atoms with Crippen molar-refractivity contribution in [3.63, 3.8) is 0 Å². The van der Waals surface area contributed by atoms with Crippen LogP contribution in [0.3, 0.4) is 0 Å². The van der Waals surface area contributed by atoms with Gasteiger partial charge in [0, 0.05) is 0 Å². The van der Waals surface area contributed by atoms with Gasteiger partial charge in [0.1, 0.15) is 24.4 Å². The molecule has 0 bridgehead atoms. The Morgan fingerprint density at radius 3 is 2.12 bits per heavy atom. The molecule has 0 radical (unpaired) electrons. The van der Waals surface area contributed by atoms with Crippen LogP contribution in [0.1, 0.15) is 6.92 Å². The van der Waals surface area contributed by atoms with Gasteiger partial charge >= 0.3 is 0 Å². The van der Waals surface area contributed by atoms with Gasteiger partial charge in [0.05, 0.1) is 19.3 Å². The zero-order valence-electron chi connectivity index (χ0n) is 8.93. The van der Waals surface area contributed by atoms with Gasteiger partial charge in [-0.25, -0.2) is 0 Å². The van der Waals surface area contributed by atoms with Gasteiger partial charge in [0.25, 0.3) is 0 Å². The second-order valence-electron chi connectivity index (χ2n) is 3.80. The van der Waals surface area contributed by atoms with Gasteiger partial charge < -0.3 is 35.0 Å². The third-order valence-electron chi connectivity index (χ3n) is 2.54. The average Bonchev–Trinajstić information content (AvgIpc) is 2.29. The molecule has 5 N–H and O–H groups in total. The van der Waals surface area contributed by atoms with Crippen LogP contribution in [0.4, 0.5) is 0 Å². The molecule has 0 saturated carbocycles. The molecule has 96 valence electrons. The standard InChI is InChI=1S/C9H18O7/c1-4-6(12)7(13)8(14)9(15-4)16-5(2-10)3-11/h4-14H,2-3H2,1H3/t4-,6-,7-,8+,9+/m1/s1. The van der Waals surface area contributed by atoms with E-state index >= 15 is 0 Å². The molecular formula is C9H18O7. The first-order chi connectivity index (χ1) is 7.51. The Labute approximate surface area is 92.9 Å². The summed E-state index contributed by atoms with van der Waals surface area (Å²) < 4.78 is 10.2. The number of hydrogen-bond donors (Lipinski definition) is 5. The average molecular weight is 238 g/mol. The van der Waals surface area contributed by atoms with Crippen molar-refractivity contribution in [3.8, 4) is 0 Å². The van der Waals surface area contributed by atoms with Gasteiger partial charge in [-0.15, -0.1) is 0 Å². The molecule has 0 aromatic carbocycles. The Morgan fingerprint density at radius 2 is 1.62 bits per heavy atom. The summed E-state index contributed by atoms with van der Waals surface area (Å²) in [6.45, 7) is 0.648. The van der Waals surface area contributed by atoms with Crippen LogP contribution in [0.25, 0.3) is 0 Å². The fraction of sp³-hybridized carbons (Fsp3) is 1.00. The van der Waals surface area contributed by atoms with Crippen molar-refractivity contribution in [1.82, 2.24) is 0 Å². The second kappa shape index (κ2) is 5.87. The Kier molecular flexibility index (Phi) is 5.06. The van der Waals surface area contributed by atoms with E-state index in [1.54, 1.807) is 0 Å². The lowest BCUT2D eigenvalue weighted by atomic mass is 10.00. The van der Waals surface area contributed by atoms with E-state index in [1.165, 1.54) is 6.92 Å². The molecule has 0 amide bonds. The minimum absolute atomic E-state index is 0.434. The van der Waals surface area contributed by atoms with Crippen LogP contribution < -0.4 is 0 Å². The molecule has 5 atom stereocenters. The molecule has 0 aromatic rings. The van der Waals surface area contributed by atoms with Crippen molar-refractivity contribution in [1.29, 1.82) is 0 Å². The summed E-state index contributed by atoms with van der Waals surface area (Å²) in [6.07, 6.45) is -6.79. The van der Waals surface area contributed by atoms with Crippen LogP contribution in [0.2, 0.25) is 0 Å². The van der Waals surface area contributed by atoms with E-state index in [1.807, 2.05) is 0 Å². The summed E-state index contributed by atoms with van der Waals surface area (Å²) >= 11 is 0. The summed E-state index contributed by atoms with van der Waals surface area (Å²) in [7, 11) is 0. The van der Waals surface area contributed by atoms with E-state index in [-0.39, 0.29) is 0 Å². The van der Waals surface area contributed by atoms with Crippen molar-refractivity contribution >= 4 is 0 Å². The maximum Gasteiger partial charge on any atom is 0.187 e. The van der Waals surface area contributed by atoms with E-state index in [0.29, 0.717) is 0 Å². The minimum Gasteiger partial charge on any atom is -0.394 e. The first-order valence-corrected chi connectivity index (χ1v) is 5.08. The Morgan fingerprint density at radius 1 is 1.06 bits per heavy atom. The molecule has 1 saturated heterocycles. The summed E-state index contributed by atoms with van der Waals surface area (Å²) in [5.41, 5.74) is 0. The minimum atomic E-state index is -1.42. The summed E-state index contributed by atoms with van der Waals surface area (Å²) in [5, 5.41) is 46.0. The molecule has 0 spiro atoms. The highest BCUT2D eigenvalue weighted by Gasteiger charge is 2.43. The highest BCUT2D eigenvalue weighted by atomic mass is 16.7. The fourth-order valence-electron chi connectivity index (χ4n) is 1.46. The summed E-state index contributed by atoms with van der Waals surface area (Å²) in [4.78, 5) is 0. The molecule has 1 rings (SSSR count). The predicted molar refractivity (Wildman–Crippen MR) is 51.4 cm³/mol. The smallest absolute Gasteiger partial charge is 0.187 e. The molecular weight excluding hydrogens is 220 g/mol.